The van der Waals surface area contributed by atoms with Gasteiger partial charge in [0, 0.05) is 14.1 Å². The minimum Gasteiger partial charge on any atom is -0.262 e. The van der Waals surface area contributed by atoms with E-state index in [-0.39, 0.29) is 11.5 Å². The van der Waals surface area contributed by atoms with E-state index in [4.69, 9.17) is 11.6 Å². The second-order valence-corrected chi connectivity index (χ2v) is 5.46. The first-order valence-electron chi connectivity index (χ1n) is 6.60. The van der Waals surface area contributed by atoms with Crippen molar-refractivity contribution in [3.8, 4) is 11.5 Å². The zero-order chi connectivity index (χ0) is 17.2. The third-order valence-electron chi connectivity index (χ3n) is 3.54. The minimum absolute atomic E-state index is 0.0173. The molecule has 0 saturated heterocycles. The molecule has 0 aliphatic heterocycles. The Hall–Kier alpha value is -2.69. The number of alkyl halides is 3. The molecule has 0 unspecified atom stereocenters. The Morgan fingerprint density at radius 2 is 1.83 bits per heavy atom. The maximum Gasteiger partial charge on any atom is 0.436 e. The van der Waals surface area contributed by atoms with Crippen molar-refractivity contribution in [3.05, 3.63) is 23.2 Å². The highest BCUT2D eigenvalue weighted by Crippen LogP contribution is 2.38. The molecular formula is C12H8ClF3N8. The van der Waals surface area contributed by atoms with Crippen molar-refractivity contribution in [2.24, 2.45) is 14.1 Å². The normalized spacial score (nSPS) is 12.6. The summed E-state index contributed by atoms with van der Waals surface area (Å²) in [5, 5.41) is 11.7. The number of aromatic nitrogens is 8. The first-order chi connectivity index (χ1) is 11.3. The fourth-order valence-corrected chi connectivity index (χ4v) is 2.81. The summed E-state index contributed by atoms with van der Waals surface area (Å²) in [5.41, 5.74) is -0.211. The van der Waals surface area contributed by atoms with Gasteiger partial charge in [0.25, 0.3) is 0 Å². The molecule has 4 rings (SSSR count). The summed E-state index contributed by atoms with van der Waals surface area (Å²) in [6, 6.07) is 0. The van der Waals surface area contributed by atoms with E-state index in [1.807, 2.05) is 0 Å². The lowest BCUT2D eigenvalue weighted by molar-refractivity contribution is -0.141. The Morgan fingerprint density at radius 3 is 2.50 bits per heavy atom. The topological polar surface area (TPSA) is 78.7 Å². The fourth-order valence-electron chi connectivity index (χ4n) is 2.46. The van der Waals surface area contributed by atoms with Crippen LogP contribution in [0.4, 0.5) is 13.2 Å². The number of hydrogen-bond acceptors (Lipinski definition) is 5. The first-order valence-corrected chi connectivity index (χ1v) is 6.98. The van der Waals surface area contributed by atoms with Crippen molar-refractivity contribution in [3.63, 3.8) is 0 Å². The van der Waals surface area contributed by atoms with Crippen LogP contribution >= 0.6 is 11.6 Å². The zero-order valence-electron chi connectivity index (χ0n) is 12.2. The molecule has 24 heavy (non-hydrogen) atoms. The van der Waals surface area contributed by atoms with E-state index in [2.05, 4.69) is 25.3 Å². The van der Waals surface area contributed by atoms with Crippen molar-refractivity contribution in [1.29, 1.82) is 0 Å². The van der Waals surface area contributed by atoms with E-state index in [9.17, 15) is 13.2 Å². The van der Waals surface area contributed by atoms with Crippen LogP contribution in [0.25, 0.3) is 28.2 Å². The molecule has 0 aliphatic rings. The van der Waals surface area contributed by atoms with Crippen molar-refractivity contribution in [2.75, 3.05) is 0 Å². The molecule has 0 spiro atoms. The molecule has 0 N–H and O–H groups in total. The van der Waals surface area contributed by atoms with Crippen molar-refractivity contribution in [1.82, 2.24) is 39.1 Å². The van der Waals surface area contributed by atoms with Gasteiger partial charge < -0.3 is 0 Å². The molecule has 0 saturated carbocycles. The average Bonchev–Trinajstić information content (AvgIpc) is 3.14. The summed E-state index contributed by atoms with van der Waals surface area (Å²) in [6.07, 6.45) is -1.70. The molecule has 8 nitrogen and oxygen atoms in total. The van der Waals surface area contributed by atoms with E-state index >= 15 is 0 Å². The molecular weight excluding hydrogens is 349 g/mol. The standard InChI is InChI=1S/C12H8ClF3N8/c1-22-7(6(13)8(20-22)12(14,15)16)9-19-11-5-3-18-23(2)10(5)17-4-24(11)21-9/h3-4H,1-2H3. The summed E-state index contributed by atoms with van der Waals surface area (Å²) in [5.74, 6) is 0.0173. The summed E-state index contributed by atoms with van der Waals surface area (Å²) >= 11 is 5.87. The molecule has 124 valence electrons. The smallest absolute Gasteiger partial charge is 0.262 e. The molecule has 0 fully saturated rings. The van der Waals surface area contributed by atoms with Gasteiger partial charge in [0.05, 0.1) is 11.6 Å². The van der Waals surface area contributed by atoms with E-state index in [1.165, 1.54) is 17.9 Å². The zero-order valence-corrected chi connectivity index (χ0v) is 13.0. The Bertz CT molecular complexity index is 1090. The molecule has 4 aromatic rings. The summed E-state index contributed by atoms with van der Waals surface area (Å²) < 4.78 is 42.8. The highest BCUT2D eigenvalue weighted by atomic mass is 35.5. The van der Waals surface area contributed by atoms with Crippen LogP contribution in [-0.4, -0.2) is 39.1 Å². The van der Waals surface area contributed by atoms with Gasteiger partial charge in [0.2, 0.25) is 5.82 Å². The third kappa shape index (κ3) is 1.97. The van der Waals surface area contributed by atoms with Crippen LogP contribution in [0, 0.1) is 0 Å². The molecule has 0 aliphatic carbocycles. The van der Waals surface area contributed by atoms with E-state index in [1.54, 1.807) is 17.9 Å². The van der Waals surface area contributed by atoms with Crippen LogP contribution in [0.2, 0.25) is 5.02 Å². The van der Waals surface area contributed by atoms with Gasteiger partial charge in [0.1, 0.15) is 17.0 Å². The SMILES string of the molecule is Cn1nc(C(F)(F)F)c(Cl)c1-c1nc2c3cnn(C)c3ncn2n1. The number of rotatable bonds is 1. The number of fused-ring (bicyclic) bond motifs is 3. The highest BCUT2D eigenvalue weighted by molar-refractivity contribution is 6.33. The maximum absolute atomic E-state index is 12.9. The summed E-state index contributed by atoms with van der Waals surface area (Å²) in [4.78, 5) is 8.48. The van der Waals surface area contributed by atoms with Crippen LogP contribution in [-0.2, 0) is 20.3 Å². The van der Waals surface area contributed by atoms with Gasteiger partial charge in [-0.1, -0.05) is 11.6 Å². The molecule has 4 heterocycles. The van der Waals surface area contributed by atoms with Crippen molar-refractivity contribution < 1.29 is 13.2 Å². The average molecular weight is 357 g/mol. The van der Waals surface area contributed by atoms with E-state index in [0.717, 1.165) is 4.68 Å². The number of nitrogens with zero attached hydrogens (tertiary/aromatic N) is 8. The van der Waals surface area contributed by atoms with Crippen molar-refractivity contribution >= 4 is 28.3 Å². The van der Waals surface area contributed by atoms with Crippen molar-refractivity contribution in [2.45, 2.75) is 6.18 Å². The van der Waals surface area contributed by atoms with Gasteiger partial charge in [-0.25, -0.2) is 14.5 Å². The van der Waals surface area contributed by atoms with Gasteiger partial charge in [-0.05, 0) is 0 Å². The second kappa shape index (κ2) is 4.66. The van der Waals surface area contributed by atoms with E-state index < -0.39 is 16.9 Å². The first kappa shape index (κ1) is 14.9. The van der Waals surface area contributed by atoms with Crippen LogP contribution in [0.5, 0.6) is 0 Å². The maximum atomic E-state index is 12.9. The van der Waals surface area contributed by atoms with Gasteiger partial charge in [-0.3, -0.25) is 9.36 Å². The Kier molecular flexibility index (Phi) is 2.89. The molecule has 0 amide bonds. The lowest BCUT2D eigenvalue weighted by atomic mass is 10.3. The van der Waals surface area contributed by atoms with E-state index in [0.29, 0.717) is 16.7 Å². The Balaban J connectivity index is 1.98. The monoisotopic (exact) mass is 356 g/mol. The molecule has 0 aromatic carbocycles. The second-order valence-electron chi connectivity index (χ2n) is 5.09. The van der Waals surface area contributed by atoms with Gasteiger partial charge in [-0.15, -0.1) is 5.10 Å². The molecule has 0 radical (unpaired) electrons. The Labute approximate surface area is 136 Å². The van der Waals surface area contributed by atoms with Crippen LogP contribution in [0.3, 0.4) is 0 Å². The molecule has 4 aromatic heterocycles. The predicted molar refractivity (Wildman–Crippen MR) is 77.3 cm³/mol. The number of halogens is 4. The molecule has 0 atom stereocenters. The van der Waals surface area contributed by atoms with Crippen LogP contribution < -0.4 is 0 Å². The number of hydrogen-bond donors (Lipinski definition) is 0. The summed E-state index contributed by atoms with van der Waals surface area (Å²) in [6.45, 7) is 0. The highest BCUT2D eigenvalue weighted by Gasteiger charge is 2.39. The summed E-state index contributed by atoms with van der Waals surface area (Å²) in [7, 11) is 3.07. The Morgan fingerprint density at radius 1 is 1.08 bits per heavy atom. The largest absolute Gasteiger partial charge is 0.436 e. The third-order valence-corrected chi connectivity index (χ3v) is 3.90. The molecule has 12 heteroatoms. The lowest BCUT2D eigenvalue weighted by Crippen LogP contribution is -2.07. The van der Waals surface area contributed by atoms with Gasteiger partial charge >= 0.3 is 6.18 Å². The lowest BCUT2D eigenvalue weighted by Gasteiger charge is -2.00. The predicted octanol–water partition coefficient (Wildman–Crippen LogP) is 2.08. The van der Waals surface area contributed by atoms with Crippen LogP contribution in [0.1, 0.15) is 5.69 Å². The van der Waals surface area contributed by atoms with Gasteiger partial charge in [0.15, 0.2) is 17.0 Å². The fraction of sp³-hybridized carbons (Fsp3) is 0.250. The molecule has 0 bridgehead atoms. The van der Waals surface area contributed by atoms with Crippen LogP contribution in [0.15, 0.2) is 12.5 Å². The minimum atomic E-state index is -4.66. The van der Waals surface area contributed by atoms with Gasteiger partial charge in [-0.2, -0.15) is 23.4 Å². The quantitative estimate of drug-likeness (QED) is 0.522. The number of aryl methyl sites for hydroxylation is 2.